The quantitative estimate of drug-likeness (QED) is 0.865. The van der Waals surface area contributed by atoms with Crippen molar-refractivity contribution in [3.63, 3.8) is 0 Å². The van der Waals surface area contributed by atoms with Crippen LogP contribution in [0.5, 0.6) is 5.75 Å². The molecule has 0 radical (unpaired) electrons. The SMILES string of the molecule is COc1ccc(C(=O)N2CCN=Cc3cc(N)ccc32)cc1. The zero-order valence-corrected chi connectivity index (χ0v) is 12.3. The maximum absolute atomic E-state index is 12.8. The van der Waals surface area contributed by atoms with Crippen LogP contribution in [0.1, 0.15) is 15.9 Å². The Hall–Kier alpha value is -2.82. The number of anilines is 2. The highest BCUT2D eigenvalue weighted by atomic mass is 16.5. The van der Waals surface area contributed by atoms with Gasteiger partial charge >= 0.3 is 0 Å². The lowest BCUT2D eigenvalue weighted by Crippen LogP contribution is -2.33. The molecular weight excluding hydrogens is 278 g/mol. The Morgan fingerprint density at radius 1 is 1.23 bits per heavy atom. The number of nitrogens with two attached hydrogens (primary N) is 1. The molecule has 3 rings (SSSR count). The van der Waals surface area contributed by atoms with Gasteiger partial charge in [-0.1, -0.05) is 0 Å². The summed E-state index contributed by atoms with van der Waals surface area (Å²) in [5.74, 6) is 0.670. The Balaban J connectivity index is 1.96. The average molecular weight is 295 g/mol. The van der Waals surface area contributed by atoms with E-state index in [0.29, 0.717) is 24.3 Å². The average Bonchev–Trinajstić information content (AvgIpc) is 2.76. The van der Waals surface area contributed by atoms with Gasteiger partial charge in [0.05, 0.1) is 19.3 Å². The fourth-order valence-electron chi connectivity index (χ4n) is 2.46. The number of hydrogen-bond acceptors (Lipinski definition) is 4. The minimum atomic E-state index is -0.0563. The van der Waals surface area contributed by atoms with E-state index in [2.05, 4.69) is 4.99 Å². The summed E-state index contributed by atoms with van der Waals surface area (Å²) < 4.78 is 5.13. The van der Waals surface area contributed by atoms with Crippen LogP contribution in [0, 0.1) is 0 Å². The van der Waals surface area contributed by atoms with Crippen LogP contribution in [-0.4, -0.2) is 32.3 Å². The number of methoxy groups -OCH3 is 1. The minimum absolute atomic E-state index is 0.0563. The monoisotopic (exact) mass is 295 g/mol. The van der Waals surface area contributed by atoms with Gasteiger partial charge in [-0.15, -0.1) is 0 Å². The molecule has 0 aliphatic carbocycles. The van der Waals surface area contributed by atoms with Crippen molar-refractivity contribution in [2.75, 3.05) is 30.8 Å². The van der Waals surface area contributed by atoms with Crippen LogP contribution in [0.15, 0.2) is 47.5 Å². The summed E-state index contributed by atoms with van der Waals surface area (Å²) in [6, 6.07) is 12.6. The van der Waals surface area contributed by atoms with E-state index in [0.717, 1.165) is 17.0 Å². The number of carbonyl (C=O) groups is 1. The molecule has 0 spiro atoms. The maximum Gasteiger partial charge on any atom is 0.258 e. The van der Waals surface area contributed by atoms with Crippen molar-refractivity contribution in [3.05, 3.63) is 53.6 Å². The fourth-order valence-corrected chi connectivity index (χ4v) is 2.46. The number of fused-ring (bicyclic) bond motifs is 1. The number of benzene rings is 2. The van der Waals surface area contributed by atoms with Gasteiger partial charge in [-0.05, 0) is 42.5 Å². The van der Waals surface area contributed by atoms with Gasteiger partial charge in [0.2, 0.25) is 0 Å². The summed E-state index contributed by atoms with van der Waals surface area (Å²) in [5.41, 5.74) is 8.78. The van der Waals surface area contributed by atoms with Crippen molar-refractivity contribution in [1.29, 1.82) is 0 Å². The van der Waals surface area contributed by atoms with Crippen molar-refractivity contribution >= 4 is 23.5 Å². The van der Waals surface area contributed by atoms with Gasteiger partial charge < -0.3 is 15.4 Å². The number of ether oxygens (including phenoxy) is 1. The van der Waals surface area contributed by atoms with Crippen LogP contribution in [-0.2, 0) is 0 Å². The van der Waals surface area contributed by atoms with Crippen LogP contribution >= 0.6 is 0 Å². The Labute approximate surface area is 129 Å². The van der Waals surface area contributed by atoms with Gasteiger partial charge in [0.25, 0.3) is 5.91 Å². The van der Waals surface area contributed by atoms with Gasteiger partial charge in [0.1, 0.15) is 5.75 Å². The van der Waals surface area contributed by atoms with E-state index in [-0.39, 0.29) is 5.91 Å². The highest BCUT2D eigenvalue weighted by Gasteiger charge is 2.21. The van der Waals surface area contributed by atoms with E-state index < -0.39 is 0 Å². The molecule has 5 nitrogen and oxygen atoms in total. The lowest BCUT2D eigenvalue weighted by Gasteiger charge is -2.22. The molecule has 0 aromatic heterocycles. The van der Waals surface area contributed by atoms with Crippen LogP contribution in [0.3, 0.4) is 0 Å². The van der Waals surface area contributed by atoms with Gasteiger partial charge in [-0.25, -0.2) is 0 Å². The third kappa shape index (κ3) is 2.65. The van der Waals surface area contributed by atoms with Crippen molar-refractivity contribution in [3.8, 4) is 5.75 Å². The molecule has 0 bridgehead atoms. The Bertz CT molecular complexity index is 723. The van der Waals surface area contributed by atoms with E-state index in [1.807, 2.05) is 12.1 Å². The molecule has 0 atom stereocenters. The van der Waals surface area contributed by atoms with Crippen LogP contribution < -0.4 is 15.4 Å². The molecule has 22 heavy (non-hydrogen) atoms. The smallest absolute Gasteiger partial charge is 0.258 e. The number of rotatable bonds is 2. The Morgan fingerprint density at radius 2 is 2.00 bits per heavy atom. The zero-order chi connectivity index (χ0) is 15.5. The van der Waals surface area contributed by atoms with E-state index in [1.165, 1.54) is 0 Å². The van der Waals surface area contributed by atoms with Crippen LogP contribution in [0.2, 0.25) is 0 Å². The second kappa shape index (κ2) is 5.89. The van der Waals surface area contributed by atoms with Gasteiger partial charge in [-0.2, -0.15) is 0 Å². The molecular formula is C17H17N3O2. The first-order valence-electron chi connectivity index (χ1n) is 7.04. The number of hydrogen-bond donors (Lipinski definition) is 1. The van der Waals surface area contributed by atoms with Crippen molar-refractivity contribution in [1.82, 2.24) is 0 Å². The zero-order valence-electron chi connectivity index (χ0n) is 12.3. The lowest BCUT2D eigenvalue weighted by molar-refractivity contribution is 0.0987. The highest BCUT2D eigenvalue weighted by Crippen LogP contribution is 2.25. The largest absolute Gasteiger partial charge is 0.497 e. The third-order valence-corrected chi connectivity index (χ3v) is 3.61. The Kier molecular flexibility index (Phi) is 3.78. The molecule has 5 heteroatoms. The standard InChI is InChI=1S/C17H17N3O2/c1-22-15-5-2-12(3-6-15)17(21)20-9-8-19-11-13-10-14(18)4-7-16(13)20/h2-7,10-11H,8-9,18H2,1H3. The highest BCUT2D eigenvalue weighted by molar-refractivity contribution is 6.09. The number of amides is 1. The van der Waals surface area contributed by atoms with Crippen LogP contribution in [0.25, 0.3) is 0 Å². The molecule has 0 unspecified atom stereocenters. The molecule has 112 valence electrons. The molecule has 1 amide bonds. The number of aliphatic imine (C=N–C) groups is 1. The summed E-state index contributed by atoms with van der Waals surface area (Å²) in [4.78, 5) is 18.9. The molecule has 2 aromatic carbocycles. The topological polar surface area (TPSA) is 67.9 Å². The molecule has 1 aliphatic rings. The van der Waals surface area contributed by atoms with Gasteiger partial charge in [0, 0.05) is 29.6 Å². The summed E-state index contributed by atoms with van der Waals surface area (Å²) in [7, 11) is 1.60. The predicted molar refractivity (Wildman–Crippen MR) is 88.0 cm³/mol. The van der Waals surface area contributed by atoms with E-state index >= 15 is 0 Å². The van der Waals surface area contributed by atoms with Crippen molar-refractivity contribution in [2.45, 2.75) is 0 Å². The number of carbonyl (C=O) groups excluding carboxylic acids is 1. The first-order chi connectivity index (χ1) is 10.7. The molecule has 0 saturated carbocycles. The molecule has 2 N–H and O–H groups in total. The second-order valence-electron chi connectivity index (χ2n) is 5.04. The first-order valence-corrected chi connectivity index (χ1v) is 7.04. The summed E-state index contributed by atoms with van der Waals surface area (Å²) in [6.45, 7) is 1.11. The number of benzodiazepines with no additional fused rings is 1. The van der Waals surface area contributed by atoms with Gasteiger partial charge in [-0.3, -0.25) is 9.79 Å². The molecule has 1 aliphatic heterocycles. The van der Waals surface area contributed by atoms with E-state index in [9.17, 15) is 4.79 Å². The summed E-state index contributed by atoms with van der Waals surface area (Å²) in [5, 5.41) is 0. The van der Waals surface area contributed by atoms with Crippen molar-refractivity contribution in [2.24, 2.45) is 4.99 Å². The van der Waals surface area contributed by atoms with Gasteiger partial charge in [0.15, 0.2) is 0 Å². The van der Waals surface area contributed by atoms with Crippen molar-refractivity contribution < 1.29 is 9.53 Å². The number of nitrogens with zero attached hydrogens (tertiary/aromatic N) is 2. The van der Waals surface area contributed by atoms with E-state index in [4.69, 9.17) is 10.5 Å². The predicted octanol–water partition coefficient (Wildman–Crippen LogP) is 2.36. The minimum Gasteiger partial charge on any atom is -0.497 e. The van der Waals surface area contributed by atoms with Crippen LogP contribution in [0.4, 0.5) is 11.4 Å². The lowest BCUT2D eigenvalue weighted by atomic mass is 10.1. The third-order valence-electron chi connectivity index (χ3n) is 3.61. The maximum atomic E-state index is 12.8. The number of nitrogen functional groups attached to an aromatic ring is 1. The summed E-state index contributed by atoms with van der Waals surface area (Å²) in [6.07, 6.45) is 1.77. The Morgan fingerprint density at radius 3 is 2.73 bits per heavy atom. The normalized spacial score (nSPS) is 13.4. The first kappa shape index (κ1) is 14.1. The summed E-state index contributed by atoms with van der Waals surface area (Å²) >= 11 is 0. The van der Waals surface area contributed by atoms with E-state index in [1.54, 1.807) is 48.6 Å². The second-order valence-corrected chi connectivity index (χ2v) is 5.04. The molecule has 1 heterocycles. The molecule has 0 saturated heterocycles. The fraction of sp³-hybridized carbons (Fsp3) is 0.176. The molecule has 0 fully saturated rings. The molecule has 2 aromatic rings.